The van der Waals surface area contributed by atoms with Crippen LogP contribution >= 0.6 is 11.3 Å². The van der Waals surface area contributed by atoms with Crippen LogP contribution in [-0.4, -0.2) is 23.1 Å². The Morgan fingerprint density at radius 2 is 1.88 bits per heavy atom. The van der Waals surface area contributed by atoms with Crippen molar-refractivity contribution in [1.82, 2.24) is 4.57 Å². The lowest BCUT2D eigenvalue weighted by Gasteiger charge is -2.24. The number of halogens is 1. The van der Waals surface area contributed by atoms with E-state index in [1.807, 2.05) is 0 Å². The Kier molecular flexibility index (Phi) is 6.56. The predicted octanol–water partition coefficient (Wildman–Crippen LogP) is 2.86. The van der Waals surface area contributed by atoms with Crippen molar-refractivity contribution in [3.8, 4) is 5.75 Å². The zero-order valence-corrected chi connectivity index (χ0v) is 19.5. The number of fused-ring (bicyclic) bond motifs is 1. The molecule has 0 saturated heterocycles. The molecule has 34 heavy (non-hydrogen) atoms. The third kappa shape index (κ3) is 4.34. The number of hydrogen-bond donors (Lipinski definition) is 0. The quantitative estimate of drug-likeness (QED) is 0.414. The molecular formula is C25H21FN2O5S. The van der Waals surface area contributed by atoms with Gasteiger partial charge in [-0.15, -0.1) is 0 Å². The SMILES string of the molecule is CCOC(=O)C1=C(C)N=c2s/c(=C\c3ccccc3OC(C)=O)c(=O)n2C1c1ccccc1F. The highest BCUT2D eigenvalue weighted by Gasteiger charge is 2.34. The first kappa shape index (κ1) is 23.3. The summed E-state index contributed by atoms with van der Waals surface area (Å²) in [7, 11) is 0. The Morgan fingerprint density at radius 1 is 1.18 bits per heavy atom. The van der Waals surface area contributed by atoms with Crippen molar-refractivity contribution in [2.75, 3.05) is 6.61 Å². The minimum Gasteiger partial charge on any atom is -0.463 e. The summed E-state index contributed by atoms with van der Waals surface area (Å²) in [4.78, 5) is 42.6. The van der Waals surface area contributed by atoms with Crippen molar-refractivity contribution in [2.24, 2.45) is 4.99 Å². The molecule has 0 radical (unpaired) electrons. The van der Waals surface area contributed by atoms with E-state index in [-0.39, 0.29) is 22.3 Å². The lowest BCUT2D eigenvalue weighted by molar-refractivity contribution is -0.139. The van der Waals surface area contributed by atoms with Gasteiger partial charge >= 0.3 is 11.9 Å². The van der Waals surface area contributed by atoms with E-state index in [0.717, 1.165) is 11.3 Å². The number of thiazole rings is 1. The van der Waals surface area contributed by atoms with Crippen LogP contribution in [0.2, 0.25) is 0 Å². The zero-order valence-electron chi connectivity index (χ0n) is 18.7. The van der Waals surface area contributed by atoms with Gasteiger partial charge in [0.15, 0.2) is 4.80 Å². The van der Waals surface area contributed by atoms with Crippen LogP contribution in [0.3, 0.4) is 0 Å². The summed E-state index contributed by atoms with van der Waals surface area (Å²) < 4.78 is 26.9. The molecule has 1 aromatic heterocycles. The van der Waals surface area contributed by atoms with Crippen LogP contribution in [0.25, 0.3) is 6.08 Å². The van der Waals surface area contributed by atoms with Gasteiger partial charge in [-0.25, -0.2) is 14.2 Å². The summed E-state index contributed by atoms with van der Waals surface area (Å²) in [6.07, 6.45) is 1.59. The molecule has 2 aromatic carbocycles. The second-order valence-corrected chi connectivity index (χ2v) is 8.46. The summed E-state index contributed by atoms with van der Waals surface area (Å²) in [5.41, 5.74) is 0.675. The second kappa shape index (κ2) is 9.56. The van der Waals surface area contributed by atoms with Crippen LogP contribution in [0.5, 0.6) is 5.75 Å². The van der Waals surface area contributed by atoms with Crippen LogP contribution in [0.15, 0.2) is 69.6 Å². The van der Waals surface area contributed by atoms with Crippen LogP contribution in [0, 0.1) is 5.82 Å². The van der Waals surface area contributed by atoms with Crippen LogP contribution in [0.1, 0.15) is 37.9 Å². The Hall–Kier alpha value is -3.85. The Balaban J connectivity index is 1.97. The zero-order chi connectivity index (χ0) is 24.4. The van der Waals surface area contributed by atoms with E-state index in [0.29, 0.717) is 21.8 Å². The number of ether oxygens (including phenoxy) is 2. The van der Waals surface area contributed by atoms with Crippen LogP contribution in [-0.2, 0) is 14.3 Å². The largest absolute Gasteiger partial charge is 0.463 e. The van der Waals surface area contributed by atoms with Gasteiger partial charge in [0, 0.05) is 18.1 Å². The standard InChI is InChI=1S/C25H21FN2O5S/c1-4-32-24(31)21-14(2)27-25-28(22(21)17-10-6-7-11-18(17)26)23(30)20(34-25)13-16-9-5-8-12-19(16)33-15(3)29/h5-13,22H,4H2,1-3H3/b20-13-. The Labute approximate surface area is 198 Å². The fourth-order valence-electron chi connectivity index (χ4n) is 3.77. The summed E-state index contributed by atoms with van der Waals surface area (Å²) >= 11 is 1.10. The second-order valence-electron chi connectivity index (χ2n) is 7.46. The molecule has 1 unspecified atom stereocenters. The first-order chi connectivity index (χ1) is 16.3. The molecule has 1 aliphatic heterocycles. The van der Waals surface area contributed by atoms with Gasteiger partial charge in [-0.05, 0) is 32.1 Å². The number of allylic oxidation sites excluding steroid dienone is 1. The number of nitrogens with zero attached hydrogens (tertiary/aromatic N) is 2. The summed E-state index contributed by atoms with van der Waals surface area (Å²) in [5, 5.41) is 0. The molecule has 2 heterocycles. The van der Waals surface area contributed by atoms with E-state index in [9.17, 15) is 18.8 Å². The molecule has 0 fully saturated rings. The number of carbonyl (C=O) groups is 2. The fraction of sp³-hybridized carbons (Fsp3) is 0.200. The Morgan fingerprint density at radius 3 is 2.59 bits per heavy atom. The molecule has 0 amide bonds. The van der Waals surface area contributed by atoms with Crippen molar-refractivity contribution >= 4 is 29.4 Å². The highest BCUT2D eigenvalue weighted by atomic mass is 32.1. The molecule has 1 aliphatic rings. The molecule has 0 spiro atoms. The summed E-state index contributed by atoms with van der Waals surface area (Å²) in [5.74, 6) is -1.41. The number of para-hydroxylation sites is 1. The van der Waals surface area contributed by atoms with Crippen LogP contribution < -0.4 is 19.6 Å². The fourth-order valence-corrected chi connectivity index (χ4v) is 4.81. The number of benzene rings is 2. The van der Waals surface area contributed by atoms with E-state index in [1.165, 1.54) is 29.7 Å². The monoisotopic (exact) mass is 480 g/mol. The predicted molar refractivity (Wildman–Crippen MR) is 125 cm³/mol. The van der Waals surface area contributed by atoms with Gasteiger partial charge in [0.1, 0.15) is 17.6 Å². The number of rotatable bonds is 5. The summed E-state index contributed by atoms with van der Waals surface area (Å²) in [6.45, 7) is 4.71. The third-order valence-electron chi connectivity index (χ3n) is 5.18. The molecule has 0 N–H and O–H groups in total. The van der Waals surface area contributed by atoms with E-state index < -0.39 is 29.4 Å². The molecule has 0 bridgehead atoms. The molecular weight excluding hydrogens is 459 g/mol. The topological polar surface area (TPSA) is 87.0 Å². The maximum Gasteiger partial charge on any atom is 0.338 e. The van der Waals surface area contributed by atoms with E-state index in [1.54, 1.807) is 50.3 Å². The smallest absolute Gasteiger partial charge is 0.338 e. The van der Waals surface area contributed by atoms with Gasteiger partial charge in [0.2, 0.25) is 0 Å². The van der Waals surface area contributed by atoms with E-state index in [4.69, 9.17) is 9.47 Å². The first-order valence-corrected chi connectivity index (χ1v) is 11.3. The lowest BCUT2D eigenvalue weighted by Crippen LogP contribution is -2.40. The maximum atomic E-state index is 14.9. The number of esters is 2. The van der Waals surface area contributed by atoms with Gasteiger partial charge in [0.05, 0.1) is 22.4 Å². The van der Waals surface area contributed by atoms with Gasteiger partial charge in [-0.1, -0.05) is 47.7 Å². The molecule has 174 valence electrons. The number of hydrogen-bond acceptors (Lipinski definition) is 7. The van der Waals surface area contributed by atoms with Crippen molar-refractivity contribution in [1.29, 1.82) is 0 Å². The molecule has 1 atom stereocenters. The highest BCUT2D eigenvalue weighted by molar-refractivity contribution is 7.07. The Bertz CT molecular complexity index is 1500. The van der Waals surface area contributed by atoms with Crippen LogP contribution in [0.4, 0.5) is 4.39 Å². The molecule has 4 rings (SSSR count). The molecule has 3 aromatic rings. The van der Waals surface area contributed by atoms with Gasteiger partial charge in [-0.2, -0.15) is 0 Å². The van der Waals surface area contributed by atoms with Gasteiger partial charge in [0.25, 0.3) is 5.56 Å². The highest BCUT2D eigenvalue weighted by Crippen LogP contribution is 2.32. The average Bonchev–Trinajstić information content (AvgIpc) is 3.09. The number of carbonyl (C=O) groups excluding carboxylic acids is 2. The number of aromatic nitrogens is 1. The molecule has 0 saturated carbocycles. The summed E-state index contributed by atoms with van der Waals surface area (Å²) in [6, 6.07) is 11.7. The van der Waals surface area contributed by atoms with Crippen molar-refractivity contribution in [2.45, 2.75) is 26.8 Å². The normalized spacial score (nSPS) is 15.5. The van der Waals surface area contributed by atoms with Crippen molar-refractivity contribution in [3.05, 3.63) is 96.4 Å². The van der Waals surface area contributed by atoms with Crippen molar-refractivity contribution < 1.29 is 23.5 Å². The minimum absolute atomic E-state index is 0.103. The van der Waals surface area contributed by atoms with E-state index in [2.05, 4.69) is 4.99 Å². The third-order valence-corrected chi connectivity index (χ3v) is 6.16. The molecule has 0 aliphatic carbocycles. The first-order valence-electron chi connectivity index (χ1n) is 10.5. The van der Waals surface area contributed by atoms with Crippen molar-refractivity contribution in [3.63, 3.8) is 0 Å². The average molecular weight is 481 g/mol. The van der Waals surface area contributed by atoms with Gasteiger partial charge in [-0.3, -0.25) is 14.2 Å². The van der Waals surface area contributed by atoms with Gasteiger partial charge < -0.3 is 9.47 Å². The lowest BCUT2D eigenvalue weighted by atomic mass is 9.95. The maximum absolute atomic E-state index is 14.9. The minimum atomic E-state index is -1.04. The molecule has 9 heteroatoms. The van der Waals surface area contributed by atoms with E-state index >= 15 is 0 Å². The molecule has 7 nitrogen and oxygen atoms in total.